The molecule has 0 unspecified atom stereocenters. The maximum absolute atomic E-state index is 11.5. The molecule has 0 radical (unpaired) electrons. The van der Waals surface area contributed by atoms with E-state index in [0.29, 0.717) is 19.1 Å². The molecule has 1 saturated carbocycles. The van der Waals surface area contributed by atoms with Crippen LogP contribution in [0.3, 0.4) is 0 Å². The lowest BCUT2D eigenvalue weighted by Gasteiger charge is -2.14. The molecule has 0 saturated heterocycles. The van der Waals surface area contributed by atoms with Crippen molar-refractivity contribution in [2.75, 3.05) is 20.1 Å². The molecular formula is C12H18N2O2. The molecule has 1 aromatic heterocycles. The summed E-state index contributed by atoms with van der Waals surface area (Å²) in [6.07, 6.45) is 4.87. The highest BCUT2D eigenvalue weighted by Gasteiger charge is 2.26. The van der Waals surface area contributed by atoms with Crippen molar-refractivity contribution in [2.24, 2.45) is 0 Å². The van der Waals surface area contributed by atoms with Crippen molar-refractivity contribution in [1.29, 1.82) is 0 Å². The number of amides is 1. The molecule has 16 heavy (non-hydrogen) atoms. The number of likely N-dealkylation sites (N-methyl/N-ethyl adjacent to an activating group) is 1. The fourth-order valence-electron chi connectivity index (χ4n) is 1.71. The van der Waals surface area contributed by atoms with Gasteiger partial charge in [-0.25, -0.2) is 0 Å². The SMILES string of the molecule is CN(CC(=O)NCCc1ccco1)C1CC1. The summed E-state index contributed by atoms with van der Waals surface area (Å²) < 4.78 is 5.18. The molecule has 1 heterocycles. The Kier molecular flexibility index (Phi) is 3.62. The Hall–Kier alpha value is -1.29. The lowest BCUT2D eigenvalue weighted by Crippen LogP contribution is -2.37. The van der Waals surface area contributed by atoms with Gasteiger partial charge < -0.3 is 9.73 Å². The highest BCUT2D eigenvalue weighted by atomic mass is 16.3. The number of hydrogen-bond donors (Lipinski definition) is 1. The Morgan fingerprint density at radius 3 is 3.06 bits per heavy atom. The number of carbonyl (C=O) groups is 1. The molecule has 2 rings (SSSR count). The zero-order valence-electron chi connectivity index (χ0n) is 9.61. The van der Waals surface area contributed by atoms with Crippen LogP contribution in [-0.2, 0) is 11.2 Å². The second-order valence-corrected chi connectivity index (χ2v) is 4.33. The first-order valence-corrected chi connectivity index (χ1v) is 5.75. The molecule has 1 N–H and O–H groups in total. The smallest absolute Gasteiger partial charge is 0.234 e. The van der Waals surface area contributed by atoms with E-state index in [4.69, 9.17) is 4.42 Å². The molecule has 1 fully saturated rings. The fourth-order valence-corrected chi connectivity index (χ4v) is 1.71. The summed E-state index contributed by atoms with van der Waals surface area (Å²) in [4.78, 5) is 13.6. The average Bonchev–Trinajstić information content (AvgIpc) is 2.98. The van der Waals surface area contributed by atoms with Gasteiger partial charge in [-0.2, -0.15) is 0 Å². The van der Waals surface area contributed by atoms with Crippen LogP contribution in [0.2, 0.25) is 0 Å². The van der Waals surface area contributed by atoms with E-state index in [9.17, 15) is 4.79 Å². The number of furan rings is 1. The third-order valence-electron chi connectivity index (χ3n) is 2.84. The predicted molar refractivity (Wildman–Crippen MR) is 61.1 cm³/mol. The van der Waals surface area contributed by atoms with Crippen LogP contribution in [0.25, 0.3) is 0 Å². The molecule has 0 atom stereocenters. The minimum atomic E-state index is 0.0981. The maximum Gasteiger partial charge on any atom is 0.234 e. The molecule has 1 amide bonds. The molecule has 0 aromatic carbocycles. The van der Waals surface area contributed by atoms with Gasteiger partial charge in [0, 0.05) is 19.0 Å². The van der Waals surface area contributed by atoms with Crippen molar-refractivity contribution in [1.82, 2.24) is 10.2 Å². The molecule has 0 bridgehead atoms. The van der Waals surface area contributed by atoms with Crippen molar-refractivity contribution in [3.8, 4) is 0 Å². The van der Waals surface area contributed by atoms with Crippen molar-refractivity contribution < 1.29 is 9.21 Å². The summed E-state index contributed by atoms with van der Waals surface area (Å²) in [6.45, 7) is 1.15. The number of rotatable bonds is 6. The van der Waals surface area contributed by atoms with E-state index >= 15 is 0 Å². The van der Waals surface area contributed by atoms with Crippen LogP contribution in [0.1, 0.15) is 18.6 Å². The number of nitrogens with zero attached hydrogens (tertiary/aromatic N) is 1. The highest BCUT2D eigenvalue weighted by molar-refractivity contribution is 5.78. The Morgan fingerprint density at radius 1 is 1.62 bits per heavy atom. The van der Waals surface area contributed by atoms with Crippen molar-refractivity contribution >= 4 is 5.91 Å². The van der Waals surface area contributed by atoms with E-state index in [2.05, 4.69) is 10.2 Å². The van der Waals surface area contributed by atoms with Gasteiger partial charge in [0.15, 0.2) is 0 Å². The predicted octanol–water partition coefficient (Wildman–Crippen LogP) is 1.03. The van der Waals surface area contributed by atoms with Crippen LogP contribution < -0.4 is 5.32 Å². The van der Waals surface area contributed by atoms with Gasteiger partial charge in [-0.15, -0.1) is 0 Å². The summed E-state index contributed by atoms with van der Waals surface area (Å²) >= 11 is 0. The topological polar surface area (TPSA) is 45.5 Å². The Balaban J connectivity index is 1.60. The average molecular weight is 222 g/mol. The van der Waals surface area contributed by atoms with E-state index in [-0.39, 0.29) is 5.91 Å². The largest absolute Gasteiger partial charge is 0.469 e. The third kappa shape index (κ3) is 3.38. The van der Waals surface area contributed by atoms with E-state index in [1.165, 1.54) is 12.8 Å². The van der Waals surface area contributed by atoms with E-state index in [0.717, 1.165) is 12.2 Å². The minimum Gasteiger partial charge on any atom is -0.469 e. The molecular weight excluding hydrogens is 204 g/mol. The van der Waals surface area contributed by atoms with Gasteiger partial charge in [-0.1, -0.05) is 0 Å². The maximum atomic E-state index is 11.5. The van der Waals surface area contributed by atoms with Crippen molar-refractivity contribution in [2.45, 2.75) is 25.3 Å². The van der Waals surface area contributed by atoms with Crippen molar-refractivity contribution in [3.05, 3.63) is 24.2 Å². The van der Waals surface area contributed by atoms with Gasteiger partial charge in [0.2, 0.25) is 5.91 Å². The van der Waals surface area contributed by atoms with Gasteiger partial charge in [0.25, 0.3) is 0 Å². The molecule has 4 heteroatoms. The standard InChI is InChI=1S/C12H18N2O2/c1-14(10-4-5-10)9-12(15)13-7-6-11-3-2-8-16-11/h2-3,8,10H,4-7,9H2,1H3,(H,13,15). The van der Waals surface area contributed by atoms with E-state index in [1.54, 1.807) is 6.26 Å². The second-order valence-electron chi connectivity index (χ2n) is 4.33. The van der Waals surface area contributed by atoms with Gasteiger partial charge >= 0.3 is 0 Å². The number of nitrogens with one attached hydrogen (secondary N) is 1. The van der Waals surface area contributed by atoms with Gasteiger partial charge in [0.1, 0.15) is 5.76 Å². The lowest BCUT2D eigenvalue weighted by molar-refractivity contribution is -0.122. The van der Waals surface area contributed by atoms with Crippen LogP contribution >= 0.6 is 0 Å². The zero-order valence-corrected chi connectivity index (χ0v) is 9.61. The minimum absolute atomic E-state index is 0.0981. The van der Waals surface area contributed by atoms with Gasteiger partial charge in [-0.3, -0.25) is 9.69 Å². The van der Waals surface area contributed by atoms with E-state index < -0.39 is 0 Å². The summed E-state index contributed by atoms with van der Waals surface area (Å²) in [5.74, 6) is 1.01. The zero-order chi connectivity index (χ0) is 11.4. The Bertz CT molecular complexity index is 331. The van der Waals surface area contributed by atoms with Crippen LogP contribution in [0.15, 0.2) is 22.8 Å². The normalized spacial score (nSPS) is 15.4. The summed E-state index contributed by atoms with van der Waals surface area (Å²) in [7, 11) is 2.00. The first-order valence-electron chi connectivity index (χ1n) is 5.75. The van der Waals surface area contributed by atoms with E-state index in [1.807, 2.05) is 19.2 Å². The fraction of sp³-hybridized carbons (Fsp3) is 0.583. The third-order valence-corrected chi connectivity index (χ3v) is 2.84. The highest BCUT2D eigenvalue weighted by Crippen LogP contribution is 2.24. The molecule has 0 spiro atoms. The summed E-state index contributed by atoms with van der Waals surface area (Å²) in [6, 6.07) is 4.41. The molecule has 0 aliphatic heterocycles. The number of carbonyl (C=O) groups excluding carboxylic acids is 1. The monoisotopic (exact) mass is 222 g/mol. The summed E-state index contributed by atoms with van der Waals surface area (Å²) in [5, 5.41) is 2.89. The lowest BCUT2D eigenvalue weighted by atomic mass is 10.3. The Morgan fingerprint density at radius 2 is 2.44 bits per heavy atom. The van der Waals surface area contributed by atoms with Crippen LogP contribution in [-0.4, -0.2) is 37.0 Å². The Labute approximate surface area is 95.6 Å². The van der Waals surface area contributed by atoms with Crippen LogP contribution in [0.4, 0.5) is 0 Å². The van der Waals surface area contributed by atoms with Crippen LogP contribution in [0, 0.1) is 0 Å². The second kappa shape index (κ2) is 5.16. The molecule has 1 aliphatic rings. The molecule has 1 aliphatic carbocycles. The molecule has 88 valence electrons. The van der Waals surface area contributed by atoms with Gasteiger partial charge in [-0.05, 0) is 32.0 Å². The first-order chi connectivity index (χ1) is 7.75. The quantitative estimate of drug-likeness (QED) is 0.782. The molecule has 1 aromatic rings. The number of hydrogen-bond acceptors (Lipinski definition) is 3. The molecule has 4 nitrogen and oxygen atoms in total. The van der Waals surface area contributed by atoms with Crippen LogP contribution in [0.5, 0.6) is 0 Å². The van der Waals surface area contributed by atoms with Gasteiger partial charge in [0.05, 0.1) is 12.8 Å². The van der Waals surface area contributed by atoms with Crippen molar-refractivity contribution in [3.63, 3.8) is 0 Å². The summed E-state index contributed by atoms with van der Waals surface area (Å²) in [5.41, 5.74) is 0. The first kappa shape index (κ1) is 11.2.